The number of nitriles is 1. The highest BCUT2D eigenvalue weighted by Crippen LogP contribution is 2.15. The average Bonchev–Trinajstić information content (AvgIpc) is 2.97. The van der Waals surface area contributed by atoms with Crippen LogP contribution in [0.15, 0.2) is 48.2 Å². The van der Waals surface area contributed by atoms with Gasteiger partial charge in [0.15, 0.2) is 0 Å². The minimum Gasteiger partial charge on any atom is -0.351 e. The number of hydrogen-bond acceptors (Lipinski definition) is 2. The van der Waals surface area contributed by atoms with Gasteiger partial charge in [-0.15, -0.1) is 0 Å². The molecule has 118 valence electrons. The molecule has 1 atom stereocenters. The Kier molecular flexibility index (Phi) is 5.37. The Morgan fingerprint density at radius 3 is 2.57 bits per heavy atom. The summed E-state index contributed by atoms with van der Waals surface area (Å²) in [4.78, 5) is 12.3. The van der Waals surface area contributed by atoms with E-state index in [0.29, 0.717) is 0 Å². The standard InChI is InChI=1S/C19H21N3O/c1-4-15-7-9-16(10-8-15)14(2)21-19(23)17(13-20)12-18-6-5-11-22(18)3/h5-12,14H,4H2,1-3H3,(H,21,23)/b17-12+/t14-/m0/s1. The van der Waals surface area contributed by atoms with Gasteiger partial charge in [-0.3, -0.25) is 4.79 Å². The number of nitrogens with one attached hydrogen (secondary N) is 1. The monoisotopic (exact) mass is 307 g/mol. The number of aromatic nitrogens is 1. The second kappa shape index (κ2) is 7.46. The Balaban J connectivity index is 2.11. The predicted molar refractivity (Wildman–Crippen MR) is 91.4 cm³/mol. The summed E-state index contributed by atoms with van der Waals surface area (Å²) in [7, 11) is 1.87. The maximum absolute atomic E-state index is 12.3. The van der Waals surface area contributed by atoms with Crippen LogP contribution in [0.3, 0.4) is 0 Å². The van der Waals surface area contributed by atoms with Crippen molar-refractivity contribution >= 4 is 12.0 Å². The van der Waals surface area contributed by atoms with E-state index in [1.807, 2.05) is 55.1 Å². The molecule has 0 saturated heterocycles. The van der Waals surface area contributed by atoms with Gasteiger partial charge in [0.2, 0.25) is 0 Å². The van der Waals surface area contributed by atoms with Crippen LogP contribution in [-0.2, 0) is 18.3 Å². The van der Waals surface area contributed by atoms with E-state index in [1.54, 1.807) is 6.08 Å². The molecule has 0 aliphatic heterocycles. The van der Waals surface area contributed by atoms with Crippen LogP contribution in [-0.4, -0.2) is 10.5 Å². The fourth-order valence-corrected chi connectivity index (χ4v) is 2.32. The molecule has 1 aromatic heterocycles. The molecule has 23 heavy (non-hydrogen) atoms. The summed E-state index contributed by atoms with van der Waals surface area (Å²) in [6.45, 7) is 4.02. The third-order valence-corrected chi connectivity index (χ3v) is 3.88. The highest BCUT2D eigenvalue weighted by atomic mass is 16.1. The van der Waals surface area contributed by atoms with E-state index < -0.39 is 0 Å². The normalized spacial score (nSPS) is 12.5. The summed E-state index contributed by atoms with van der Waals surface area (Å²) >= 11 is 0. The molecular formula is C19H21N3O. The second-order valence-electron chi connectivity index (χ2n) is 5.50. The van der Waals surface area contributed by atoms with Crippen LogP contribution in [0.5, 0.6) is 0 Å². The zero-order valence-electron chi connectivity index (χ0n) is 13.7. The quantitative estimate of drug-likeness (QED) is 0.680. The molecule has 0 spiro atoms. The molecule has 0 unspecified atom stereocenters. The van der Waals surface area contributed by atoms with Crippen molar-refractivity contribution in [2.45, 2.75) is 26.3 Å². The van der Waals surface area contributed by atoms with Crippen molar-refractivity contribution in [3.63, 3.8) is 0 Å². The number of hydrogen-bond donors (Lipinski definition) is 1. The SMILES string of the molecule is CCc1ccc([C@H](C)NC(=O)/C(C#N)=C/c2cccn2C)cc1. The topological polar surface area (TPSA) is 57.8 Å². The molecule has 0 aliphatic carbocycles. The lowest BCUT2D eigenvalue weighted by Crippen LogP contribution is -2.27. The Bertz CT molecular complexity index is 748. The summed E-state index contributed by atoms with van der Waals surface area (Å²) in [6.07, 6.45) is 4.46. The van der Waals surface area contributed by atoms with Crippen LogP contribution in [0, 0.1) is 11.3 Å². The van der Waals surface area contributed by atoms with Crippen molar-refractivity contribution in [3.05, 3.63) is 65.0 Å². The number of benzene rings is 1. The zero-order valence-corrected chi connectivity index (χ0v) is 13.7. The van der Waals surface area contributed by atoms with Crippen molar-refractivity contribution in [3.8, 4) is 6.07 Å². The summed E-state index contributed by atoms with van der Waals surface area (Å²) in [5.41, 5.74) is 3.20. The molecule has 4 nitrogen and oxygen atoms in total. The lowest BCUT2D eigenvalue weighted by atomic mass is 10.0. The fraction of sp³-hybridized carbons (Fsp3) is 0.263. The third kappa shape index (κ3) is 4.10. The van der Waals surface area contributed by atoms with E-state index in [2.05, 4.69) is 24.4 Å². The average molecular weight is 307 g/mol. The number of carbonyl (C=O) groups excluding carboxylic acids is 1. The first kappa shape index (κ1) is 16.6. The van der Waals surface area contributed by atoms with E-state index in [-0.39, 0.29) is 17.5 Å². The Morgan fingerprint density at radius 1 is 1.35 bits per heavy atom. The van der Waals surface area contributed by atoms with Crippen molar-refractivity contribution in [1.82, 2.24) is 9.88 Å². The van der Waals surface area contributed by atoms with Gasteiger partial charge in [-0.2, -0.15) is 5.26 Å². The van der Waals surface area contributed by atoms with Crippen molar-refractivity contribution < 1.29 is 4.79 Å². The summed E-state index contributed by atoms with van der Waals surface area (Å²) in [6, 6.07) is 13.7. The first-order valence-corrected chi connectivity index (χ1v) is 7.68. The lowest BCUT2D eigenvalue weighted by molar-refractivity contribution is -0.117. The maximum Gasteiger partial charge on any atom is 0.262 e. The molecule has 4 heteroatoms. The minimum atomic E-state index is -0.360. The van der Waals surface area contributed by atoms with Crippen molar-refractivity contribution in [2.75, 3.05) is 0 Å². The van der Waals surface area contributed by atoms with Gasteiger partial charge in [0, 0.05) is 18.9 Å². The molecule has 0 bridgehead atoms. The van der Waals surface area contributed by atoms with Crippen LogP contribution in [0.25, 0.3) is 6.08 Å². The van der Waals surface area contributed by atoms with Gasteiger partial charge in [-0.05, 0) is 42.7 Å². The number of amides is 1. The maximum atomic E-state index is 12.3. The number of aryl methyl sites for hydroxylation is 2. The van der Waals surface area contributed by atoms with Gasteiger partial charge >= 0.3 is 0 Å². The largest absolute Gasteiger partial charge is 0.351 e. The zero-order chi connectivity index (χ0) is 16.8. The first-order valence-electron chi connectivity index (χ1n) is 7.68. The predicted octanol–water partition coefficient (Wildman–Crippen LogP) is 3.37. The van der Waals surface area contributed by atoms with Crippen LogP contribution >= 0.6 is 0 Å². The van der Waals surface area contributed by atoms with Gasteiger partial charge in [-0.25, -0.2) is 0 Å². The van der Waals surface area contributed by atoms with E-state index in [1.165, 1.54) is 5.56 Å². The fourth-order valence-electron chi connectivity index (χ4n) is 2.32. The van der Waals surface area contributed by atoms with Gasteiger partial charge in [0.1, 0.15) is 11.6 Å². The minimum absolute atomic E-state index is 0.101. The van der Waals surface area contributed by atoms with Crippen LogP contribution in [0.4, 0.5) is 0 Å². The Morgan fingerprint density at radius 2 is 2.04 bits per heavy atom. The first-order chi connectivity index (χ1) is 11.0. The lowest BCUT2D eigenvalue weighted by Gasteiger charge is -2.14. The molecule has 1 amide bonds. The highest BCUT2D eigenvalue weighted by molar-refractivity contribution is 6.01. The molecule has 1 N–H and O–H groups in total. The van der Waals surface area contributed by atoms with Gasteiger partial charge in [-0.1, -0.05) is 31.2 Å². The molecular weight excluding hydrogens is 286 g/mol. The van der Waals surface area contributed by atoms with Gasteiger partial charge in [0.25, 0.3) is 5.91 Å². The smallest absolute Gasteiger partial charge is 0.262 e. The van der Waals surface area contributed by atoms with Crippen LogP contribution < -0.4 is 5.32 Å². The van der Waals surface area contributed by atoms with E-state index in [0.717, 1.165) is 17.7 Å². The Hall–Kier alpha value is -2.80. The van der Waals surface area contributed by atoms with Crippen molar-refractivity contribution in [1.29, 1.82) is 5.26 Å². The molecule has 0 saturated carbocycles. The van der Waals surface area contributed by atoms with Gasteiger partial charge in [0.05, 0.1) is 6.04 Å². The number of carbonyl (C=O) groups is 1. The molecule has 1 heterocycles. The summed E-state index contributed by atoms with van der Waals surface area (Å²) in [5.74, 6) is -0.360. The molecule has 2 aromatic rings. The molecule has 2 rings (SSSR count). The van der Waals surface area contributed by atoms with E-state index in [9.17, 15) is 10.1 Å². The molecule has 1 aromatic carbocycles. The molecule has 0 radical (unpaired) electrons. The second-order valence-corrected chi connectivity index (χ2v) is 5.50. The van der Waals surface area contributed by atoms with E-state index in [4.69, 9.17) is 0 Å². The van der Waals surface area contributed by atoms with Crippen LogP contribution in [0.2, 0.25) is 0 Å². The Labute approximate surface area is 137 Å². The van der Waals surface area contributed by atoms with Crippen molar-refractivity contribution in [2.24, 2.45) is 7.05 Å². The molecule has 0 fully saturated rings. The van der Waals surface area contributed by atoms with Gasteiger partial charge < -0.3 is 9.88 Å². The summed E-state index contributed by atoms with van der Waals surface area (Å²) < 4.78 is 1.86. The molecule has 0 aliphatic rings. The number of nitrogens with zero attached hydrogens (tertiary/aromatic N) is 2. The highest BCUT2D eigenvalue weighted by Gasteiger charge is 2.14. The third-order valence-electron chi connectivity index (χ3n) is 3.88. The van der Waals surface area contributed by atoms with E-state index >= 15 is 0 Å². The van der Waals surface area contributed by atoms with Crippen LogP contribution in [0.1, 0.15) is 36.7 Å². The number of rotatable bonds is 5. The summed E-state index contributed by atoms with van der Waals surface area (Å²) in [5, 5.41) is 12.1.